The number of benzene rings is 3. The SMILES string of the molecule is COC(=O)N[C@H]1CCc2cccc3c2N(C1=O)[C@H](c1ncc(-c2ccc(-c4ccc(-c5cnc([C@@H]6C[C@H](O)CN6C(=O)[C@@H](NC(=O)OC)C(C)C)[nH]5)cc4)cc2)[nH]1)C3. The number of aromatic nitrogens is 4. The largest absolute Gasteiger partial charge is 0.453 e. The Morgan fingerprint density at radius 1 is 0.810 bits per heavy atom. The Balaban J connectivity index is 0.957. The fourth-order valence-electron chi connectivity index (χ4n) is 8.37. The van der Waals surface area contributed by atoms with Crippen LogP contribution in [0.5, 0.6) is 0 Å². The zero-order chi connectivity index (χ0) is 40.7. The number of ether oxygens (including phenoxy) is 2. The lowest BCUT2D eigenvalue weighted by Crippen LogP contribution is -2.51. The lowest BCUT2D eigenvalue weighted by Gasteiger charge is -2.29. The highest BCUT2D eigenvalue weighted by Gasteiger charge is 2.43. The number of rotatable bonds is 9. The molecule has 5 aromatic rings. The molecule has 3 aliphatic rings. The third kappa shape index (κ3) is 7.28. The van der Waals surface area contributed by atoms with E-state index in [2.05, 4.69) is 37.7 Å². The number of β-amino-alcohol motifs (C(OH)–C–C–N with tert-alkyl or cyclic N) is 1. The average molecular weight is 787 g/mol. The summed E-state index contributed by atoms with van der Waals surface area (Å²) in [5.41, 5.74) is 8.54. The molecule has 1 fully saturated rings. The second-order valence-corrected chi connectivity index (χ2v) is 15.4. The monoisotopic (exact) mass is 786 g/mol. The number of amides is 4. The Morgan fingerprint density at radius 2 is 1.38 bits per heavy atom. The van der Waals surface area contributed by atoms with E-state index in [-0.39, 0.29) is 30.3 Å². The van der Waals surface area contributed by atoms with Crippen molar-refractivity contribution in [2.45, 2.75) is 69.8 Å². The Bertz CT molecular complexity index is 2340. The van der Waals surface area contributed by atoms with Crippen LogP contribution in [0, 0.1) is 5.92 Å². The number of nitrogens with zero attached hydrogens (tertiary/aromatic N) is 4. The van der Waals surface area contributed by atoms with Gasteiger partial charge in [-0.3, -0.25) is 14.5 Å². The number of imidazole rings is 2. The maximum absolute atomic E-state index is 13.9. The van der Waals surface area contributed by atoms with Crippen LogP contribution in [-0.4, -0.2) is 92.9 Å². The van der Waals surface area contributed by atoms with Crippen molar-refractivity contribution in [3.63, 3.8) is 0 Å². The van der Waals surface area contributed by atoms with Crippen molar-refractivity contribution in [1.29, 1.82) is 0 Å². The third-order valence-electron chi connectivity index (χ3n) is 11.4. The molecule has 5 N–H and O–H groups in total. The summed E-state index contributed by atoms with van der Waals surface area (Å²) in [6, 6.07) is 20.0. The maximum Gasteiger partial charge on any atom is 0.407 e. The minimum atomic E-state index is -0.814. The van der Waals surface area contributed by atoms with Crippen LogP contribution >= 0.6 is 0 Å². The highest BCUT2D eigenvalue weighted by Crippen LogP contribution is 2.44. The molecule has 58 heavy (non-hydrogen) atoms. The van der Waals surface area contributed by atoms with Crippen LogP contribution in [0.1, 0.15) is 61.5 Å². The molecular formula is C43H46N8O7. The predicted octanol–water partition coefficient (Wildman–Crippen LogP) is 5.45. The summed E-state index contributed by atoms with van der Waals surface area (Å²) in [4.78, 5) is 71.1. The van der Waals surface area contributed by atoms with Crippen molar-refractivity contribution in [3.8, 4) is 33.6 Å². The molecule has 15 nitrogen and oxygen atoms in total. The number of carbonyl (C=O) groups is 4. The van der Waals surface area contributed by atoms with Crippen LogP contribution in [0.2, 0.25) is 0 Å². The number of methoxy groups -OCH3 is 2. The van der Waals surface area contributed by atoms with Gasteiger partial charge < -0.3 is 40.1 Å². The number of aliphatic hydroxyl groups excluding tert-OH is 1. The third-order valence-corrected chi connectivity index (χ3v) is 11.4. The van der Waals surface area contributed by atoms with Crippen molar-refractivity contribution < 1.29 is 33.8 Å². The molecule has 0 radical (unpaired) electrons. The van der Waals surface area contributed by atoms with E-state index in [4.69, 9.17) is 14.5 Å². The Kier molecular flexibility index (Phi) is 10.5. The number of anilines is 1. The summed E-state index contributed by atoms with van der Waals surface area (Å²) < 4.78 is 9.53. The smallest absolute Gasteiger partial charge is 0.407 e. The zero-order valence-corrected chi connectivity index (χ0v) is 32.7. The van der Waals surface area contributed by atoms with Gasteiger partial charge in [0.25, 0.3) is 0 Å². The first-order chi connectivity index (χ1) is 28.0. The van der Waals surface area contributed by atoms with Gasteiger partial charge >= 0.3 is 12.2 Å². The van der Waals surface area contributed by atoms with Crippen molar-refractivity contribution >= 4 is 29.7 Å². The number of carbonyl (C=O) groups excluding carboxylic acids is 4. The molecule has 1 saturated heterocycles. The molecule has 2 aromatic heterocycles. The van der Waals surface area contributed by atoms with E-state index in [1.807, 2.05) is 68.4 Å². The molecule has 0 unspecified atom stereocenters. The average Bonchev–Trinajstić information content (AvgIpc) is 4.05. The highest BCUT2D eigenvalue weighted by atomic mass is 16.5. The minimum Gasteiger partial charge on any atom is -0.453 e. The second kappa shape index (κ2) is 15.8. The molecule has 0 aliphatic carbocycles. The van der Waals surface area contributed by atoms with Gasteiger partial charge in [-0.25, -0.2) is 19.6 Å². The summed E-state index contributed by atoms with van der Waals surface area (Å²) in [5, 5.41) is 15.9. The quantitative estimate of drug-likeness (QED) is 0.129. The van der Waals surface area contributed by atoms with Crippen LogP contribution in [0.15, 0.2) is 79.1 Å². The van der Waals surface area contributed by atoms with E-state index in [1.54, 1.807) is 22.2 Å². The number of likely N-dealkylation sites (tertiary alicyclic amines) is 1. The molecule has 4 amide bonds. The van der Waals surface area contributed by atoms with Gasteiger partial charge in [0.1, 0.15) is 23.7 Å². The van der Waals surface area contributed by atoms with Gasteiger partial charge in [-0.1, -0.05) is 80.6 Å². The van der Waals surface area contributed by atoms with E-state index in [1.165, 1.54) is 14.2 Å². The number of alkyl carbamates (subject to hydrolysis) is 2. The number of nitrogens with one attached hydrogen (secondary N) is 4. The standard InChI is InChI=1S/C43H46N8O7/c1-23(2)36(49-43(56)58-4)41(54)50-22-30(52)19-34(50)38-44-20-32(46-38)26-12-8-24(9-13-26)25-10-14-27(15-11-25)33-21-45-39(47-33)35-18-29-7-5-6-28-16-17-31(48-42(55)57-3)40(53)51(35)37(28)29/h5-15,20-21,23,30-31,34-36,52H,16-19,22H2,1-4H3,(H,44,46)(H,45,47)(H,48,55)(H,49,56)/t30-,31-,34-,35-,36-/m0/s1. The summed E-state index contributed by atoms with van der Waals surface area (Å²) >= 11 is 0. The van der Waals surface area contributed by atoms with Crippen LogP contribution < -0.4 is 15.5 Å². The van der Waals surface area contributed by atoms with Crippen molar-refractivity contribution in [1.82, 2.24) is 35.5 Å². The number of aliphatic hydroxyl groups is 1. The van der Waals surface area contributed by atoms with Crippen molar-refractivity contribution in [3.05, 3.63) is 102 Å². The van der Waals surface area contributed by atoms with Crippen LogP contribution in [0.4, 0.5) is 15.3 Å². The van der Waals surface area contributed by atoms with Gasteiger partial charge in [-0.2, -0.15) is 0 Å². The molecule has 0 bridgehead atoms. The fourth-order valence-corrected chi connectivity index (χ4v) is 8.37. The number of aromatic amines is 2. The first kappa shape index (κ1) is 38.4. The van der Waals surface area contributed by atoms with Crippen molar-refractivity contribution in [2.75, 3.05) is 25.7 Å². The summed E-state index contributed by atoms with van der Waals surface area (Å²) in [7, 11) is 2.54. The van der Waals surface area contributed by atoms with Crippen molar-refractivity contribution in [2.24, 2.45) is 5.92 Å². The summed E-state index contributed by atoms with van der Waals surface area (Å²) in [6.45, 7) is 3.81. The van der Waals surface area contributed by atoms with Crippen LogP contribution in [0.25, 0.3) is 33.6 Å². The predicted molar refractivity (Wildman–Crippen MR) is 214 cm³/mol. The number of hydrogen-bond donors (Lipinski definition) is 5. The first-order valence-electron chi connectivity index (χ1n) is 19.4. The molecule has 3 aromatic carbocycles. The zero-order valence-electron chi connectivity index (χ0n) is 32.7. The minimum absolute atomic E-state index is 0.133. The molecule has 300 valence electrons. The van der Waals surface area contributed by atoms with E-state index in [0.29, 0.717) is 37.3 Å². The topological polar surface area (TPSA) is 195 Å². The van der Waals surface area contributed by atoms with Gasteiger partial charge in [0, 0.05) is 19.4 Å². The maximum atomic E-state index is 13.9. The van der Waals surface area contributed by atoms with Gasteiger partial charge in [0.2, 0.25) is 11.8 Å². The molecule has 3 aliphatic heterocycles. The number of para-hydroxylation sites is 1. The van der Waals surface area contributed by atoms with E-state index in [9.17, 15) is 24.3 Å². The van der Waals surface area contributed by atoms with Crippen LogP contribution in [0.3, 0.4) is 0 Å². The van der Waals surface area contributed by atoms with Gasteiger partial charge in [-0.15, -0.1) is 0 Å². The lowest BCUT2D eigenvalue weighted by molar-refractivity contribution is -0.135. The summed E-state index contributed by atoms with van der Waals surface area (Å²) in [5.74, 6) is 0.543. The first-order valence-corrected chi connectivity index (χ1v) is 19.4. The molecule has 15 heteroatoms. The Labute approximate surface area is 335 Å². The molecule has 8 rings (SSSR count). The normalized spacial score (nSPS) is 20.4. The molecule has 0 spiro atoms. The van der Waals surface area contributed by atoms with Gasteiger partial charge in [0.15, 0.2) is 0 Å². The number of H-pyrrole nitrogens is 2. The van der Waals surface area contributed by atoms with Gasteiger partial charge in [0.05, 0.1) is 61.9 Å². The fraction of sp³-hybridized carbons (Fsp3) is 0.349. The summed E-state index contributed by atoms with van der Waals surface area (Å²) in [6.07, 6.45) is 3.53. The lowest BCUT2D eigenvalue weighted by atomic mass is 10.0. The van der Waals surface area contributed by atoms with Crippen LogP contribution in [-0.2, 0) is 31.9 Å². The molecule has 5 heterocycles. The molecular weight excluding hydrogens is 741 g/mol. The number of aryl methyl sites for hydroxylation is 1. The van der Waals surface area contributed by atoms with E-state index in [0.717, 1.165) is 50.5 Å². The van der Waals surface area contributed by atoms with E-state index >= 15 is 0 Å². The highest BCUT2D eigenvalue weighted by molar-refractivity contribution is 6.02. The molecule has 0 saturated carbocycles. The number of hydrogen-bond acceptors (Lipinski definition) is 9. The van der Waals surface area contributed by atoms with Gasteiger partial charge in [-0.05, 0) is 52.1 Å². The van der Waals surface area contributed by atoms with E-state index < -0.39 is 36.4 Å². The second-order valence-electron chi connectivity index (χ2n) is 15.4. The Hall–Kier alpha value is -6.48. The molecule has 5 atom stereocenters. The Morgan fingerprint density at radius 3 is 1.97 bits per heavy atom.